The molecule has 7 heteroatoms. The first kappa shape index (κ1) is 31.9. The van der Waals surface area contributed by atoms with Crippen molar-refractivity contribution in [2.75, 3.05) is 73.2 Å². The van der Waals surface area contributed by atoms with Gasteiger partial charge in [-0.05, 0) is 76.7 Å². The summed E-state index contributed by atoms with van der Waals surface area (Å²) in [4.78, 5) is 0. The highest BCUT2D eigenvalue weighted by Gasteiger charge is 2.18. The Kier molecular flexibility index (Phi) is 12.6. The van der Waals surface area contributed by atoms with E-state index in [2.05, 4.69) is 69.3 Å². The summed E-state index contributed by atoms with van der Waals surface area (Å²) in [6.45, 7) is 11.2. The molecule has 0 aliphatic rings. The molecule has 0 atom stereocenters. The SMILES string of the molecule is COCCOCCOCCOc1ccc(-c2c(COCCOCCO)c3cc(C)ccc3c3ccc(C)cc23)cc1C. The van der Waals surface area contributed by atoms with Crippen molar-refractivity contribution < 1.29 is 33.5 Å². The molecule has 0 saturated heterocycles. The van der Waals surface area contributed by atoms with Crippen LogP contribution in [-0.2, 0) is 30.3 Å². The lowest BCUT2D eigenvalue weighted by molar-refractivity contribution is 0.0179. The molecule has 0 amide bonds. The zero-order valence-corrected chi connectivity index (χ0v) is 25.4. The molecule has 0 aromatic heterocycles. The zero-order chi connectivity index (χ0) is 29.7. The summed E-state index contributed by atoms with van der Waals surface area (Å²) in [5.74, 6) is 0.842. The van der Waals surface area contributed by atoms with E-state index in [-0.39, 0.29) is 6.61 Å². The minimum atomic E-state index is 0.00838. The van der Waals surface area contributed by atoms with Gasteiger partial charge in [0.1, 0.15) is 12.4 Å². The molecule has 1 N–H and O–H groups in total. The smallest absolute Gasteiger partial charge is 0.122 e. The average molecular weight is 577 g/mol. The Morgan fingerprint density at radius 1 is 0.571 bits per heavy atom. The van der Waals surface area contributed by atoms with Crippen LogP contribution in [0.5, 0.6) is 5.75 Å². The maximum Gasteiger partial charge on any atom is 0.122 e. The Labute approximate surface area is 249 Å². The Morgan fingerprint density at radius 2 is 1.17 bits per heavy atom. The van der Waals surface area contributed by atoms with Gasteiger partial charge < -0.3 is 33.5 Å². The average Bonchev–Trinajstić information content (AvgIpc) is 2.98. The number of fused-ring (bicyclic) bond motifs is 3. The van der Waals surface area contributed by atoms with Gasteiger partial charge in [-0.3, -0.25) is 0 Å². The monoisotopic (exact) mass is 576 g/mol. The molecule has 0 saturated carbocycles. The molecule has 7 nitrogen and oxygen atoms in total. The minimum Gasteiger partial charge on any atom is -0.491 e. The fourth-order valence-electron chi connectivity index (χ4n) is 5.12. The molecule has 4 aromatic carbocycles. The van der Waals surface area contributed by atoms with Crippen molar-refractivity contribution >= 4 is 21.5 Å². The Morgan fingerprint density at radius 3 is 1.83 bits per heavy atom. The number of methoxy groups -OCH3 is 1. The fourth-order valence-corrected chi connectivity index (χ4v) is 5.12. The Bertz CT molecular complexity index is 1430. The molecule has 0 radical (unpaired) electrons. The van der Waals surface area contributed by atoms with Gasteiger partial charge in [0.05, 0.1) is 66.1 Å². The molecule has 0 spiro atoms. The van der Waals surface area contributed by atoms with Crippen molar-refractivity contribution in [2.24, 2.45) is 0 Å². The molecule has 0 aliphatic heterocycles. The number of aryl methyl sites for hydroxylation is 3. The van der Waals surface area contributed by atoms with Gasteiger partial charge in [0.15, 0.2) is 0 Å². The zero-order valence-electron chi connectivity index (χ0n) is 25.4. The number of aliphatic hydroxyl groups is 1. The molecular formula is C35H44O7. The largest absolute Gasteiger partial charge is 0.491 e. The molecule has 0 aliphatic carbocycles. The molecule has 42 heavy (non-hydrogen) atoms. The molecule has 226 valence electrons. The number of rotatable bonds is 18. The first-order chi connectivity index (χ1) is 20.5. The van der Waals surface area contributed by atoms with E-state index in [1.54, 1.807) is 7.11 Å². The van der Waals surface area contributed by atoms with Gasteiger partial charge in [-0.2, -0.15) is 0 Å². The second-order valence-electron chi connectivity index (χ2n) is 10.4. The number of hydrogen-bond acceptors (Lipinski definition) is 7. The quantitative estimate of drug-likeness (QED) is 0.112. The summed E-state index contributed by atoms with van der Waals surface area (Å²) in [6.07, 6.45) is 0. The lowest BCUT2D eigenvalue weighted by Crippen LogP contribution is -2.12. The van der Waals surface area contributed by atoms with E-state index in [0.29, 0.717) is 66.1 Å². The van der Waals surface area contributed by atoms with Crippen molar-refractivity contribution in [3.63, 3.8) is 0 Å². The lowest BCUT2D eigenvalue weighted by Gasteiger charge is -2.20. The van der Waals surface area contributed by atoms with E-state index >= 15 is 0 Å². The van der Waals surface area contributed by atoms with Crippen LogP contribution in [0.2, 0.25) is 0 Å². The standard InChI is InChI=1S/C35H44O7/c1-25-5-8-29-30-9-6-26(2)22-32(30)35(33(31(29)21-25)24-41-18-17-38-12-11-36)28-7-10-34(27(3)23-28)42-20-19-40-16-15-39-14-13-37-4/h5-10,21-23,36H,11-20,24H2,1-4H3. The van der Waals surface area contributed by atoms with Gasteiger partial charge >= 0.3 is 0 Å². The maximum atomic E-state index is 9.00. The van der Waals surface area contributed by atoms with Gasteiger partial charge in [-0.1, -0.05) is 53.6 Å². The van der Waals surface area contributed by atoms with Crippen LogP contribution in [0, 0.1) is 20.8 Å². The van der Waals surface area contributed by atoms with Crippen LogP contribution < -0.4 is 4.74 Å². The predicted molar refractivity (Wildman–Crippen MR) is 168 cm³/mol. The summed E-state index contributed by atoms with van der Waals surface area (Å²) < 4.78 is 33.7. The molecule has 0 bridgehead atoms. The highest BCUT2D eigenvalue weighted by molar-refractivity contribution is 6.16. The van der Waals surface area contributed by atoms with E-state index in [9.17, 15) is 0 Å². The summed E-state index contributed by atoms with van der Waals surface area (Å²) in [7, 11) is 1.66. The Hall–Kier alpha value is -3.04. The number of ether oxygens (including phenoxy) is 6. The van der Waals surface area contributed by atoms with Gasteiger partial charge in [0, 0.05) is 7.11 Å². The van der Waals surface area contributed by atoms with E-state index < -0.39 is 0 Å². The van der Waals surface area contributed by atoms with Crippen LogP contribution in [0.4, 0.5) is 0 Å². The van der Waals surface area contributed by atoms with Gasteiger partial charge in [-0.25, -0.2) is 0 Å². The molecule has 4 aromatic rings. The van der Waals surface area contributed by atoms with Crippen molar-refractivity contribution in [3.05, 3.63) is 76.9 Å². The van der Waals surface area contributed by atoms with E-state index in [1.807, 2.05) is 6.07 Å². The van der Waals surface area contributed by atoms with Gasteiger partial charge in [-0.15, -0.1) is 0 Å². The third kappa shape index (κ3) is 8.51. The Balaban J connectivity index is 1.59. The summed E-state index contributed by atoms with van der Waals surface area (Å²) in [6, 6.07) is 19.7. The molecule has 0 unspecified atom stereocenters. The maximum absolute atomic E-state index is 9.00. The highest BCUT2D eigenvalue weighted by atomic mass is 16.6. The molecule has 0 heterocycles. The van der Waals surface area contributed by atoms with Gasteiger partial charge in [0.2, 0.25) is 0 Å². The second kappa shape index (κ2) is 16.6. The topological polar surface area (TPSA) is 75.6 Å². The predicted octanol–water partition coefficient (Wildman–Crippen LogP) is 6.17. The van der Waals surface area contributed by atoms with Crippen molar-refractivity contribution in [3.8, 4) is 16.9 Å². The second-order valence-corrected chi connectivity index (χ2v) is 10.4. The number of hydrogen-bond donors (Lipinski definition) is 1. The third-order valence-electron chi connectivity index (χ3n) is 7.14. The van der Waals surface area contributed by atoms with E-state index in [4.69, 9.17) is 33.5 Å². The fraction of sp³-hybridized carbons (Fsp3) is 0.429. The molecule has 4 rings (SSSR count). The first-order valence-electron chi connectivity index (χ1n) is 14.6. The van der Waals surface area contributed by atoms with Crippen LogP contribution >= 0.6 is 0 Å². The van der Waals surface area contributed by atoms with Crippen LogP contribution in [-0.4, -0.2) is 78.3 Å². The highest BCUT2D eigenvalue weighted by Crippen LogP contribution is 2.41. The summed E-state index contributed by atoms with van der Waals surface area (Å²) in [5.41, 5.74) is 6.93. The first-order valence-corrected chi connectivity index (χ1v) is 14.6. The lowest BCUT2D eigenvalue weighted by atomic mass is 9.86. The normalized spacial score (nSPS) is 11.5. The number of aliphatic hydroxyl groups excluding tert-OH is 1. The van der Waals surface area contributed by atoms with E-state index in [1.165, 1.54) is 38.2 Å². The van der Waals surface area contributed by atoms with Crippen molar-refractivity contribution in [1.82, 2.24) is 0 Å². The van der Waals surface area contributed by atoms with Crippen LogP contribution in [0.1, 0.15) is 22.3 Å². The van der Waals surface area contributed by atoms with Crippen molar-refractivity contribution in [1.29, 1.82) is 0 Å². The molecule has 0 fully saturated rings. The summed E-state index contributed by atoms with van der Waals surface area (Å²) in [5, 5.41) is 13.8. The van der Waals surface area contributed by atoms with E-state index in [0.717, 1.165) is 22.4 Å². The van der Waals surface area contributed by atoms with Crippen LogP contribution in [0.15, 0.2) is 54.6 Å². The summed E-state index contributed by atoms with van der Waals surface area (Å²) >= 11 is 0. The van der Waals surface area contributed by atoms with Crippen LogP contribution in [0.25, 0.3) is 32.7 Å². The van der Waals surface area contributed by atoms with Crippen molar-refractivity contribution in [2.45, 2.75) is 27.4 Å². The minimum absolute atomic E-state index is 0.00838. The third-order valence-corrected chi connectivity index (χ3v) is 7.14. The van der Waals surface area contributed by atoms with Crippen LogP contribution in [0.3, 0.4) is 0 Å². The van der Waals surface area contributed by atoms with Gasteiger partial charge in [0.25, 0.3) is 0 Å². The number of benzene rings is 4. The molecular weight excluding hydrogens is 532 g/mol.